The number of rotatable bonds is 2. The van der Waals surface area contributed by atoms with E-state index in [1.807, 2.05) is 6.92 Å². The van der Waals surface area contributed by atoms with Crippen molar-refractivity contribution in [3.05, 3.63) is 20.0 Å². The van der Waals surface area contributed by atoms with E-state index in [0.29, 0.717) is 5.75 Å². The minimum atomic E-state index is -0.589. The third-order valence-electron chi connectivity index (χ3n) is 1.49. The predicted octanol–water partition coefficient (Wildman–Crippen LogP) is 3.03. The van der Waals surface area contributed by atoms with E-state index in [1.54, 1.807) is 0 Å². The van der Waals surface area contributed by atoms with Gasteiger partial charge < -0.3 is 0 Å². The van der Waals surface area contributed by atoms with E-state index in [1.165, 1.54) is 11.8 Å². The fourth-order valence-electron chi connectivity index (χ4n) is 0.871. The first-order chi connectivity index (χ1) is 6.50. The summed E-state index contributed by atoms with van der Waals surface area (Å²) in [6.45, 7) is 1.84. The molecule has 0 aromatic heterocycles. The molecule has 0 N–H and O–H groups in total. The summed E-state index contributed by atoms with van der Waals surface area (Å²) in [7, 11) is 0. The van der Waals surface area contributed by atoms with E-state index in [9.17, 15) is 9.59 Å². The first-order valence-corrected chi connectivity index (χ1v) is 5.79. The normalized spacial score (nSPS) is 18.3. The highest BCUT2D eigenvalue weighted by Gasteiger charge is 2.32. The molecule has 0 heterocycles. The average Bonchev–Trinajstić information content (AvgIpc) is 2.19. The van der Waals surface area contributed by atoms with Crippen LogP contribution in [0.15, 0.2) is 20.0 Å². The van der Waals surface area contributed by atoms with Gasteiger partial charge in [-0.3, -0.25) is 9.59 Å². The zero-order valence-corrected chi connectivity index (χ0v) is 10.2. The summed E-state index contributed by atoms with van der Waals surface area (Å²) in [5.74, 6) is -0.436. The highest BCUT2D eigenvalue weighted by molar-refractivity contribution is 8.04. The Kier molecular flexibility index (Phi) is 4.07. The molecule has 1 aliphatic rings. The summed E-state index contributed by atoms with van der Waals surface area (Å²) >= 11 is 18.0. The SMILES string of the molecule is CCSC1=C(Cl)C(=O)C(Cl)=C(Cl)C1=O. The quantitative estimate of drug-likeness (QED) is 0.724. The molecule has 0 saturated carbocycles. The van der Waals surface area contributed by atoms with Crippen molar-refractivity contribution in [2.45, 2.75) is 6.92 Å². The summed E-state index contributed by atoms with van der Waals surface area (Å²) in [5.41, 5.74) is 0. The number of allylic oxidation sites excluding steroid dienone is 4. The van der Waals surface area contributed by atoms with Crippen LogP contribution < -0.4 is 0 Å². The van der Waals surface area contributed by atoms with Crippen LogP contribution in [0.4, 0.5) is 0 Å². The van der Waals surface area contributed by atoms with Gasteiger partial charge >= 0.3 is 0 Å². The maximum absolute atomic E-state index is 11.5. The number of thioether (sulfide) groups is 1. The number of halogens is 3. The van der Waals surface area contributed by atoms with Gasteiger partial charge in [-0.15, -0.1) is 11.8 Å². The van der Waals surface area contributed by atoms with Crippen LogP contribution in [0.2, 0.25) is 0 Å². The molecule has 0 unspecified atom stereocenters. The lowest BCUT2D eigenvalue weighted by Crippen LogP contribution is -2.16. The van der Waals surface area contributed by atoms with Gasteiger partial charge in [-0.25, -0.2) is 0 Å². The van der Waals surface area contributed by atoms with Gasteiger partial charge in [0, 0.05) is 0 Å². The standard InChI is InChI=1S/C8H5Cl3O2S/c1-2-14-8-5(11)6(12)3(9)4(10)7(8)13/h2H2,1H3. The molecule has 0 radical (unpaired) electrons. The van der Waals surface area contributed by atoms with Gasteiger partial charge in [0.1, 0.15) is 15.1 Å². The monoisotopic (exact) mass is 270 g/mol. The van der Waals surface area contributed by atoms with Crippen LogP contribution in [0.1, 0.15) is 6.92 Å². The van der Waals surface area contributed by atoms with Crippen molar-refractivity contribution in [1.29, 1.82) is 0 Å². The Morgan fingerprint density at radius 3 is 2.00 bits per heavy atom. The predicted molar refractivity (Wildman–Crippen MR) is 59.8 cm³/mol. The average molecular weight is 272 g/mol. The van der Waals surface area contributed by atoms with Gasteiger partial charge in [-0.05, 0) is 5.75 Å². The van der Waals surface area contributed by atoms with Crippen molar-refractivity contribution in [3.63, 3.8) is 0 Å². The zero-order valence-electron chi connectivity index (χ0n) is 7.07. The minimum Gasteiger partial charge on any atom is -0.287 e. The number of carbonyl (C=O) groups excluding carboxylic acids is 2. The molecule has 0 atom stereocenters. The lowest BCUT2D eigenvalue weighted by atomic mass is 10.1. The molecule has 0 saturated heterocycles. The Bertz CT molecular complexity index is 371. The van der Waals surface area contributed by atoms with E-state index in [-0.39, 0.29) is 20.0 Å². The summed E-state index contributed by atoms with van der Waals surface area (Å²) in [6.07, 6.45) is 0. The topological polar surface area (TPSA) is 34.1 Å². The Balaban J connectivity index is 3.19. The van der Waals surface area contributed by atoms with E-state index in [4.69, 9.17) is 34.8 Å². The van der Waals surface area contributed by atoms with Crippen LogP contribution in [0.5, 0.6) is 0 Å². The molecule has 0 bridgehead atoms. The fraction of sp³-hybridized carbons (Fsp3) is 0.250. The second kappa shape index (κ2) is 4.71. The first kappa shape index (κ1) is 12.1. The van der Waals surface area contributed by atoms with Crippen molar-refractivity contribution >= 4 is 58.1 Å². The number of carbonyl (C=O) groups is 2. The van der Waals surface area contributed by atoms with Gasteiger partial charge in [0.25, 0.3) is 0 Å². The van der Waals surface area contributed by atoms with Gasteiger partial charge in [0.15, 0.2) is 0 Å². The number of ketones is 2. The lowest BCUT2D eigenvalue weighted by molar-refractivity contribution is -0.114. The van der Waals surface area contributed by atoms with Gasteiger partial charge in [-0.1, -0.05) is 41.7 Å². The van der Waals surface area contributed by atoms with Crippen molar-refractivity contribution in [2.24, 2.45) is 0 Å². The molecule has 0 amide bonds. The largest absolute Gasteiger partial charge is 0.287 e. The molecular formula is C8H5Cl3O2S. The van der Waals surface area contributed by atoms with Gasteiger partial charge in [0.2, 0.25) is 11.6 Å². The fourth-order valence-corrected chi connectivity index (χ4v) is 2.42. The summed E-state index contributed by atoms with van der Waals surface area (Å²) in [6, 6.07) is 0. The van der Waals surface area contributed by atoms with E-state index >= 15 is 0 Å². The highest BCUT2D eigenvalue weighted by atomic mass is 35.5. The third kappa shape index (κ3) is 2.01. The Morgan fingerprint density at radius 1 is 1.00 bits per heavy atom. The molecule has 14 heavy (non-hydrogen) atoms. The zero-order chi connectivity index (χ0) is 10.9. The van der Waals surface area contributed by atoms with Crippen LogP contribution in [-0.2, 0) is 9.59 Å². The molecule has 0 aromatic rings. The van der Waals surface area contributed by atoms with Crippen molar-refractivity contribution in [1.82, 2.24) is 0 Å². The summed E-state index contributed by atoms with van der Waals surface area (Å²) in [4.78, 5) is 23.0. The van der Waals surface area contributed by atoms with Crippen LogP contribution in [0, 0.1) is 0 Å². The second-order valence-electron chi connectivity index (χ2n) is 2.36. The summed E-state index contributed by atoms with van der Waals surface area (Å²) < 4.78 is 0. The van der Waals surface area contributed by atoms with Crippen molar-refractivity contribution in [2.75, 3.05) is 5.75 Å². The molecular weight excluding hydrogens is 267 g/mol. The molecule has 0 aliphatic heterocycles. The minimum absolute atomic E-state index is 0.142. The Morgan fingerprint density at radius 2 is 1.50 bits per heavy atom. The number of Topliss-reactive ketones (excluding diaryl/α,β-unsaturated/α-hetero) is 2. The van der Waals surface area contributed by atoms with Gasteiger partial charge in [0.05, 0.1) is 4.91 Å². The molecule has 6 heteroatoms. The Labute approximate surface area is 100 Å². The molecule has 0 fully saturated rings. The number of hydrogen-bond acceptors (Lipinski definition) is 3. The molecule has 0 aromatic carbocycles. The van der Waals surface area contributed by atoms with E-state index < -0.39 is 11.6 Å². The molecule has 1 rings (SSSR count). The van der Waals surface area contributed by atoms with Crippen molar-refractivity contribution < 1.29 is 9.59 Å². The molecule has 1 aliphatic carbocycles. The van der Waals surface area contributed by atoms with Crippen LogP contribution >= 0.6 is 46.6 Å². The molecule has 2 nitrogen and oxygen atoms in total. The Hall–Kier alpha value is 0.0400. The second-order valence-corrected chi connectivity index (χ2v) is 4.77. The van der Waals surface area contributed by atoms with Crippen LogP contribution in [-0.4, -0.2) is 17.3 Å². The third-order valence-corrected chi connectivity index (χ3v) is 3.74. The van der Waals surface area contributed by atoms with Crippen molar-refractivity contribution in [3.8, 4) is 0 Å². The first-order valence-electron chi connectivity index (χ1n) is 3.68. The molecule has 0 spiro atoms. The van der Waals surface area contributed by atoms with Crippen LogP contribution in [0.3, 0.4) is 0 Å². The van der Waals surface area contributed by atoms with Crippen LogP contribution in [0.25, 0.3) is 0 Å². The molecule has 76 valence electrons. The highest BCUT2D eigenvalue weighted by Crippen LogP contribution is 2.36. The van der Waals surface area contributed by atoms with Gasteiger partial charge in [-0.2, -0.15) is 0 Å². The van der Waals surface area contributed by atoms with E-state index in [2.05, 4.69) is 0 Å². The number of hydrogen-bond donors (Lipinski definition) is 0. The maximum atomic E-state index is 11.5. The lowest BCUT2D eigenvalue weighted by Gasteiger charge is -2.12. The smallest absolute Gasteiger partial charge is 0.218 e. The maximum Gasteiger partial charge on any atom is 0.218 e. The van der Waals surface area contributed by atoms with E-state index in [0.717, 1.165) is 0 Å². The summed E-state index contributed by atoms with van der Waals surface area (Å²) in [5, 5.41) is -0.699.